The molecule has 2 unspecified atom stereocenters. The number of hydrogen-bond donors (Lipinski definition) is 0. The minimum absolute atomic E-state index is 0.0177. The molecule has 31 heavy (non-hydrogen) atoms. The summed E-state index contributed by atoms with van der Waals surface area (Å²) in [6.07, 6.45) is 3.55. The lowest BCUT2D eigenvalue weighted by Crippen LogP contribution is -2.29. The lowest BCUT2D eigenvalue weighted by Gasteiger charge is -2.30. The van der Waals surface area contributed by atoms with E-state index in [4.69, 9.17) is 21.3 Å². The first-order valence-corrected chi connectivity index (χ1v) is 12.1. The predicted molar refractivity (Wildman–Crippen MR) is 129 cm³/mol. The van der Waals surface area contributed by atoms with Crippen molar-refractivity contribution in [3.05, 3.63) is 63.4 Å². The van der Waals surface area contributed by atoms with Crippen molar-refractivity contribution in [1.82, 2.24) is 4.90 Å². The van der Waals surface area contributed by atoms with Gasteiger partial charge < -0.3 is 9.64 Å². The number of benzene rings is 2. The van der Waals surface area contributed by atoms with Crippen molar-refractivity contribution in [3.8, 4) is 5.75 Å². The molecule has 0 aromatic heterocycles. The fourth-order valence-electron chi connectivity index (χ4n) is 4.25. The summed E-state index contributed by atoms with van der Waals surface area (Å²) in [4.78, 5) is 7.34. The summed E-state index contributed by atoms with van der Waals surface area (Å²) in [6, 6.07) is 9.71. The van der Waals surface area contributed by atoms with Crippen LogP contribution in [0.5, 0.6) is 5.75 Å². The Hall–Kier alpha value is -1.72. The molecular weight excluding hydrogens is 431 g/mol. The molecule has 2 aromatic rings. The standard InChI is InChI=1S/C25H30ClFN2OS/c1-14-6-9-18(12-21(14)27)22(11-17-7-8-17)29(4)25-28-24(16(3)31-25)19-10-15(2)23(30-5)13-20(19)26/h6,9-10,12-13,16-17,22,24H,7-8,11H2,1-5H3/t16?,22-,24?/m0/s1. The van der Waals surface area contributed by atoms with Crippen molar-refractivity contribution >= 4 is 28.5 Å². The summed E-state index contributed by atoms with van der Waals surface area (Å²) in [5.41, 5.74) is 3.79. The summed E-state index contributed by atoms with van der Waals surface area (Å²) in [6.45, 7) is 6.03. The fourth-order valence-corrected chi connectivity index (χ4v) is 5.65. The van der Waals surface area contributed by atoms with Crippen molar-refractivity contribution in [2.75, 3.05) is 14.2 Å². The molecule has 3 nitrogen and oxygen atoms in total. The van der Waals surface area contributed by atoms with E-state index in [1.807, 2.05) is 26.0 Å². The van der Waals surface area contributed by atoms with E-state index in [-0.39, 0.29) is 23.2 Å². The van der Waals surface area contributed by atoms with Gasteiger partial charge in [-0.25, -0.2) is 4.39 Å². The highest BCUT2D eigenvalue weighted by Crippen LogP contribution is 2.45. The molecule has 4 rings (SSSR count). The summed E-state index contributed by atoms with van der Waals surface area (Å²) in [5, 5.41) is 1.94. The van der Waals surface area contributed by atoms with Crippen LogP contribution < -0.4 is 4.74 Å². The van der Waals surface area contributed by atoms with Crippen LogP contribution in [0.25, 0.3) is 0 Å². The van der Waals surface area contributed by atoms with Crippen LogP contribution in [-0.2, 0) is 0 Å². The molecule has 1 aliphatic carbocycles. The van der Waals surface area contributed by atoms with E-state index in [0.717, 1.165) is 39.9 Å². The van der Waals surface area contributed by atoms with Gasteiger partial charge in [0.2, 0.25) is 0 Å². The van der Waals surface area contributed by atoms with E-state index in [0.29, 0.717) is 10.6 Å². The molecule has 1 fully saturated rings. The van der Waals surface area contributed by atoms with Crippen LogP contribution in [0.1, 0.15) is 60.5 Å². The average Bonchev–Trinajstić information content (AvgIpc) is 3.49. The molecule has 0 bridgehead atoms. The molecule has 0 saturated heterocycles. The lowest BCUT2D eigenvalue weighted by atomic mass is 9.98. The third-order valence-corrected chi connectivity index (χ3v) is 7.98. The third kappa shape index (κ3) is 4.73. The second-order valence-corrected chi connectivity index (χ2v) is 10.6. The molecule has 2 aliphatic rings. The number of amidine groups is 1. The number of methoxy groups -OCH3 is 1. The van der Waals surface area contributed by atoms with E-state index in [9.17, 15) is 4.39 Å². The molecule has 0 radical (unpaired) electrons. The molecule has 3 atom stereocenters. The molecule has 1 heterocycles. The van der Waals surface area contributed by atoms with Crippen LogP contribution in [0, 0.1) is 25.6 Å². The van der Waals surface area contributed by atoms with E-state index < -0.39 is 0 Å². The van der Waals surface area contributed by atoms with Crippen LogP contribution in [0.3, 0.4) is 0 Å². The first kappa shape index (κ1) is 22.5. The number of aryl methyl sites for hydroxylation is 2. The van der Waals surface area contributed by atoms with Crippen LogP contribution in [-0.4, -0.2) is 29.5 Å². The molecule has 2 aromatic carbocycles. The Balaban J connectivity index is 1.64. The molecule has 6 heteroatoms. The van der Waals surface area contributed by atoms with Crippen LogP contribution >= 0.6 is 23.4 Å². The van der Waals surface area contributed by atoms with Gasteiger partial charge in [0, 0.05) is 17.3 Å². The number of rotatable bonds is 6. The quantitative estimate of drug-likeness (QED) is 0.459. The van der Waals surface area contributed by atoms with Gasteiger partial charge in [-0.1, -0.05) is 55.3 Å². The second-order valence-electron chi connectivity index (χ2n) is 8.84. The van der Waals surface area contributed by atoms with E-state index in [1.54, 1.807) is 24.9 Å². The summed E-state index contributed by atoms with van der Waals surface area (Å²) >= 11 is 8.38. The van der Waals surface area contributed by atoms with Crippen molar-refractivity contribution in [3.63, 3.8) is 0 Å². The Morgan fingerprint density at radius 2 is 1.97 bits per heavy atom. The number of halogens is 2. The zero-order chi connectivity index (χ0) is 22.3. The van der Waals surface area contributed by atoms with Gasteiger partial charge in [-0.2, -0.15) is 0 Å². The minimum atomic E-state index is -0.139. The molecular formula is C25H30ClFN2OS. The topological polar surface area (TPSA) is 24.8 Å². The summed E-state index contributed by atoms with van der Waals surface area (Å²) in [7, 11) is 3.75. The van der Waals surface area contributed by atoms with Gasteiger partial charge in [0.1, 0.15) is 11.6 Å². The highest BCUT2D eigenvalue weighted by molar-refractivity contribution is 8.14. The maximum atomic E-state index is 14.3. The van der Waals surface area contributed by atoms with E-state index >= 15 is 0 Å². The number of aliphatic imine (C=N–C) groups is 1. The van der Waals surface area contributed by atoms with Crippen molar-refractivity contribution < 1.29 is 9.13 Å². The predicted octanol–water partition coefficient (Wildman–Crippen LogP) is 7.11. The monoisotopic (exact) mass is 460 g/mol. The van der Waals surface area contributed by atoms with Gasteiger partial charge >= 0.3 is 0 Å². The maximum Gasteiger partial charge on any atom is 0.160 e. The van der Waals surface area contributed by atoms with Gasteiger partial charge in [0.25, 0.3) is 0 Å². The molecule has 0 N–H and O–H groups in total. The Labute approximate surface area is 194 Å². The van der Waals surface area contributed by atoms with Gasteiger partial charge in [0.05, 0.1) is 19.2 Å². The largest absolute Gasteiger partial charge is 0.496 e. The van der Waals surface area contributed by atoms with Crippen LogP contribution in [0.15, 0.2) is 35.3 Å². The molecule has 1 aliphatic heterocycles. The van der Waals surface area contributed by atoms with E-state index in [2.05, 4.69) is 31.0 Å². The number of ether oxygens (including phenoxy) is 1. The van der Waals surface area contributed by atoms with Crippen molar-refractivity contribution in [2.24, 2.45) is 10.9 Å². The number of thioether (sulfide) groups is 1. The van der Waals surface area contributed by atoms with Crippen LogP contribution in [0.2, 0.25) is 5.02 Å². The summed E-state index contributed by atoms with van der Waals surface area (Å²) < 4.78 is 19.8. The zero-order valence-electron chi connectivity index (χ0n) is 18.8. The van der Waals surface area contributed by atoms with Gasteiger partial charge in [-0.3, -0.25) is 4.99 Å². The zero-order valence-corrected chi connectivity index (χ0v) is 20.4. The smallest absolute Gasteiger partial charge is 0.160 e. The fraction of sp³-hybridized carbons (Fsp3) is 0.480. The Morgan fingerprint density at radius 3 is 2.61 bits per heavy atom. The lowest BCUT2D eigenvalue weighted by molar-refractivity contribution is 0.343. The minimum Gasteiger partial charge on any atom is -0.496 e. The molecule has 166 valence electrons. The number of nitrogens with zero attached hydrogens (tertiary/aromatic N) is 2. The Morgan fingerprint density at radius 1 is 1.23 bits per heavy atom. The summed E-state index contributed by atoms with van der Waals surface area (Å²) in [5.74, 6) is 1.37. The highest BCUT2D eigenvalue weighted by Gasteiger charge is 2.36. The normalized spacial score (nSPS) is 21.7. The highest BCUT2D eigenvalue weighted by atomic mass is 35.5. The second kappa shape index (κ2) is 9.03. The maximum absolute atomic E-state index is 14.3. The average molecular weight is 461 g/mol. The van der Waals surface area contributed by atoms with Crippen molar-refractivity contribution in [1.29, 1.82) is 0 Å². The van der Waals surface area contributed by atoms with Gasteiger partial charge in [0.15, 0.2) is 5.17 Å². The van der Waals surface area contributed by atoms with Crippen molar-refractivity contribution in [2.45, 2.75) is 57.4 Å². The third-order valence-electron chi connectivity index (χ3n) is 6.42. The molecule has 0 spiro atoms. The number of hydrogen-bond acceptors (Lipinski definition) is 4. The van der Waals surface area contributed by atoms with Gasteiger partial charge in [-0.15, -0.1) is 0 Å². The molecule has 0 amide bonds. The Bertz CT molecular complexity index is 1010. The first-order valence-electron chi connectivity index (χ1n) is 10.9. The van der Waals surface area contributed by atoms with Gasteiger partial charge in [-0.05, 0) is 66.6 Å². The van der Waals surface area contributed by atoms with E-state index in [1.165, 1.54) is 12.8 Å². The Kier molecular flexibility index (Phi) is 6.55. The molecule has 1 saturated carbocycles. The van der Waals surface area contributed by atoms with Crippen LogP contribution in [0.4, 0.5) is 4.39 Å². The SMILES string of the molecule is COc1cc(Cl)c(C2N=C(N(C)[C@@H](CC3CC3)c3ccc(C)c(F)c3)SC2C)cc1C. The first-order chi connectivity index (χ1) is 14.8.